The van der Waals surface area contributed by atoms with Crippen molar-refractivity contribution in [3.05, 3.63) is 42.0 Å². The average molecular weight is 260 g/mol. The van der Waals surface area contributed by atoms with Crippen molar-refractivity contribution in [3.8, 4) is 0 Å². The van der Waals surface area contributed by atoms with Crippen LogP contribution in [0, 0.1) is 0 Å². The molecule has 0 aliphatic rings. The lowest BCUT2D eigenvalue weighted by Gasteiger charge is -2.04. The van der Waals surface area contributed by atoms with Crippen molar-refractivity contribution >= 4 is 17.4 Å². The number of hydrogen-bond donors (Lipinski definition) is 2. The Hall–Kier alpha value is -2.10. The van der Waals surface area contributed by atoms with Crippen molar-refractivity contribution in [2.24, 2.45) is 0 Å². The summed E-state index contributed by atoms with van der Waals surface area (Å²) in [5, 5.41) is 5.47. The van der Waals surface area contributed by atoms with E-state index >= 15 is 0 Å². The highest BCUT2D eigenvalue weighted by Gasteiger charge is 1.99. The van der Waals surface area contributed by atoms with Gasteiger partial charge in [-0.25, -0.2) is 0 Å². The topological polar surface area (TPSA) is 58.2 Å². The first-order valence-electron chi connectivity index (χ1n) is 6.35. The van der Waals surface area contributed by atoms with E-state index in [0.717, 1.165) is 17.6 Å². The van der Waals surface area contributed by atoms with Crippen molar-refractivity contribution in [2.45, 2.75) is 20.3 Å². The molecule has 2 amide bonds. The Bertz CT molecular complexity index is 452. The molecule has 0 aromatic heterocycles. The molecule has 0 spiro atoms. The third-order valence-corrected chi connectivity index (χ3v) is 2.60. The van der Waals surface area contributed by atoms with Crippen molar-refractivity contribution in [3.63, 3.8) is 0 Å². The summed E-state index contributed by atoms with van der Waals surface area (Å²) in [7, 11) is 0. The van der Waals surface area contributed by atoms with Gasteiger partial charge in [-0.05, 0) is 24.5 Å². The van der Waals surface area contributed by atoms with Crippen LogP contribution in [0.2, 0.25) is 0 Å². The SMILES string of the molecule is CC(=O)NCCCNC(=O)/C=C(\C)c1ccccc1. The number of carbonyl (C=O) groups is 2. The van der Waals surface area contributed by atoms with E-state index in [0.29, 0.717) is 13.1 Å². The van der Waals surface area contributed by atoms with Gasteiger partial charge in [0.05, 0.1) is 0 Å². The van der Waals surface area contributed by atoms with Gasteiger partial charge in [0.1, 0.15) is 0 Å². The molecule has 0 saturated heterocycles. The molecule has 1 rings (SSSR count). The summed E-state index contributed by atoms with van der Waals surface area (Å²) in [6, 6.07) is 9.76. The maximum atomic E-state index is 11.6. The van der Waals surface area contributed by atoms with E-state index in [1.165, 1.54) is 6.92 Å². The van der Waals surface area contributed by atoms with E-state index in [4.69, 9.17) is 0 Å². The number of rotatable bonds is 6. The molecule has 4 nitrogen and oxygen atoms in total. The van der Waals surface area contributed by atoms with Gasteiger partial charge in [0.25, 0.3) is 0 Å². The second-order valence-corrected chi connectivity index (χ2v) is 4.32. The Kier molecular flexibility index (Phi) is 6.36. The third-order valence-electron chi connectivity index (χ3n) is 2.60. The fourth-order valence-electron chi connectivity index (χ4n) is 1.60. The number of hydrogen-bond acceptors (Lipinski definition) is 2. The highest BCUT2D eigenvalue weighted by molar-refractivity contribution is 5.94. The van der Waals surface area contributed by atoms with Crippen LogP contribution in [0.3, 0.4) is 0 Å². The maximum Gasteiger partial charge on any atom is 0.244 e. The lowest BCUT2D eigenvalue weighted by molar-refractivity contribution is -0.119. The van der Waals surface area contributed by atoms with Crippen LogP contribution < -0.4 is 10.6 Å². The third kappa shape index (κ3) is 6.41. The fourth-order valence-corrected chi connectivity index (χ4v) is 1.60. The maximum absolute atomic E-state index is 11.6. The molecule has 0 atom stereocenters. The van der Waals surface area contributed by atoms with E-state index in [1.807, 2.05) is 37.3 Å². The van der Waals surface area contributed by atoms with E-state index < -0.39 is 0 Å². The molecule has 0 fully saturated rings. The van der Waals surface area contributed by atoms with Crippen molar-refractivity contribution in [1.29, 1.82) is 0 Å². The van der Waals surface area contributed by atoms with Gasteiger partial charge in [-0.2, -0.15) is 0 Å². The van der Waals surface area contributed by atoms with Gasteiger partial charge < -0.3 is 10.6 Å². The van der Waals surface area contributed by atoms with Gasteiger partial charge >= 0.3 is 0 Å². The highest BCUT2D eigenvalue weighted by Crippen LogP contribution is 2.11. The van der Waals surface area contributed by atoms with Crippen LogP contribution in [0.4, 0.5) is 0 Å². The molecule has 0 unspecified atom stereocenters. The molecular weight excluding hydrogens is 240 g/mol. The predicted molar refractivity (Wildman–Crippen MR) is 76.4 cm³/mol. The van der Waals surface area contributed by atoms with Gasteiger partial charge in [-0.1, -0.05) is 30.3 Å². The molecule has 1 aromatic carbocycles. The zero-order chi connectivity index (χ0) is 14.1. The van der Waals surface area contributed by atoms with Crippen molar-refractivity contribution in [1.82, 2.24) is 10.6 Å². The van der Waals surface area contributed by atoms with Crippen molar-refractivity contribution in [2.75, 3.05) is 13.1 Å². The average Bonchev–Trinajstić information content (AvgIpc) is 2.39. The van der Waals surface area contributed by atoms with Gasteiger partial charge in [0.15, 0.2) is 0 Å². The smallest absolute Gasteiger partial charge is 0.244 e. The summed E-state index contributed by atoms with van der Waals surface area (Å²) in [5.74, 6) is -0.157. The van der Waals surface area contributed by atoms with Crippen LogP contribution in [0.15, 0.2) is 36.4 Å². The number of amides is 2. The zero-order valence-electron chi connectivity index (χ0n) is 11.4. The van der Waals surface area contributed by atoms with Crippen LogP contribution >= 0.6 is 0 Å². The van der Waals surface area contributed by atoms with Crippen LogP contribution in [0.5, 0.6) is 0 Å². The molecule has 19 heavy (non-hydrogen) atoms. The first-order chi connectivity index (χ1) is 9.09. The first kappa shape index (κ1) is 15.0. The summed E-state index contributed by atoms with van der Waals surface area (Å²) in [5.41, 5.74) is 1.97. The number of carbonyl (C=O) groups excluding carboxylic acids is 2. The monoisotopic (exact) mass is 260 g/mol. The minimum atomic E-state index is -0.107. The number of nitrogens with one attached hydrogen (secondary N) is 2. The van der Waals surface area contributed by atoms with E-state index in [1.54, 1.807) is 6.08 Å². The quantitative estimate of drug-likeness (QED) is 0.604. The molecule has 1 aromatic rings. The van der Waals surface area contributed by atoms with Crippen molar-refractivity contribution < 1.29 is 9.59 Å². The molecule has 0 bridgehead atoms. The van der Waals surface area contributed by atoms with Crippen LogP contribution in [-0.2, 0) is 9.59 Å². The molecular formula is C15H20N2O2. The molecule has 102 valence electrons. The molecule has 2 N–H and O–H groups in total. The Morgan fingerprint density at radius 3 is 2.32 bits per heavy atom. The second kappa shape index (κ2) is 8.08. The normalized spacial score (nSPS) is 10.9. The summed E-state index contributed by atoms with van der Waals surface area (Å²) in [6.07, 6.45) is 2.32. The minimum absolute atomic E-state index is 0.0499. The van der Waals surface area contributed by atoms with Crippen LogP contribution in [0.1, 0.15) is 25.8 Å². The lowest BCUT2D eigenvalue weighted by atomic mass is 10.1. The number of allylic oxidation sites excluding steroid dienone is 1. The van der Waals surface area contributed by atoms with E-state index in [9.17, 15) is 9.59 Å². The molecule has 0 aliphatic heterocycles. The summed E-state index contributed by atoms with van der Waals surface area (Å²) < 4.78 is 0. The largest absolute Gasteiger partial charge is 0.356 e. The van der Waals surface area contributed by atoms with E-state index in [-0.39, 0.29) is 11.8 Å². The summed E-state index contributed by atoms with van der Waals surface area (Å²) in [4.78, 5) is 22.3. The van der Waals surface area contributed by atoms with Crippen LogP contribution in [0.25, 0.3) is 5.57 Å². The van der Waals surface area contributed by atoms with E-state index in [2.05, 4.69) is 10.6 Å². The lowest BCUT2D eigenvalue weighted by Crippen LogP contribution is -2.27. The minimum Gasteiger partial charge on any atom is -0.356 e. The molecule has 0 heterocycles. The Balaban J connectivity index is 2.32. The Labute approximate surface area is 113 Å². The molecule has 0 aliphatic carbocycles. The zero-order valence-corrected chi connectivity index (χ0v) is 11.4. The fraction of sp³-hybridized carbons (Fsp3) is 0.333. The predicted octanol–water partition coefficient (Wildman–Crippen LogP) is 1.73. The highest BCUT2D eigenvalue weighted by atomic mass is 16.2. The summed E-state index contributed by atoms with van der Waals surface area (Å²) in [6.45, 7) is 4.52. The second-order valence-electron chi connectivity index (χ2n) is 4.32. The van der Waals surface area contributed by atoms with Gasteiger partial charge in [-0.15, -0.1) is 0 Å². The van der Waals surface area contributed by atoms with Crippen LogP contribution in [-0.4, -0.2) is 24.9 Å². The van der Waals surface area contributed by atoms with Gasteiger partial charge in [-0.3, -0.25) is 9.59 Å². The molecule has 0 saturated carbocycles. The number of benzene rings is 1. The Morgan fingerprint density at radius 2 is 1.68 bits per heavy atom. The molecule has 0 radical (unpaired) electrons. The standard InChI is InChI=1S/C15H20N2O2/c1-12(14-7-4-3-5-8-14)11-15(19)17-10-6-9-16-13(2)18/h3-5,7-8,11H,6,9-10H2,1-2H3,(H,16,18)(H,17,19)/b12-11+. The first-order valence-corrected chi connectivity index (χ1v) is 6.35. The molecule has 4 heteroatoms. The van der Waals surface area contributed by atoms with Gasteiger partial charge in [0.2, 0.25) is 11.8 Å². The summed E-state index contributed by atoms with van der Waals surface area (Å²) >= 11 is 0. The van der Waals surface area contributed by atoms with Gasteiger partial charge in [0, 0.05) is 26.1 Å². The Morgan fingerprint density at radius 1 is 1.05 bits per heavy atom.